The van der Waals surface area contributed by atoms with Crippen molar-refractivity contribution in [2.75, 3.05) is 19.3 Å². The van der Waals surface area contributed by atoms with Crippen molar-refractivity contribution >= 4 is 17.7 Å². The predicted octanol–water partition coefficient (Wildman–Crippen LogP) is 2.15. The van der Waals surface area contributed by atoms with Crippen LogP contribution in [0.2, 0.25) is 0 Å². The zero-order valence-electron chi connectivity index (χ0n) is 11.3. The van der Waals surface area contributed by atoms with Gasteiger partial charge in [0.15, 0.2) is 0 Å². The molecule has 0 spiro atoms. The van der Waals surface area contributed by atoms with E-state index in [-0.39, 0.29) is 16.1 Å². The van der Waals surface area contributed by atoms with Crippen molar-refractivity contribution in [3.05, 3.63) is 0 Å². The summed E-state index contributed by atoms with van der Waals surface area (Å²) in [6.45, 7) is 5.50. The number of nitrogens with two attached hydrogens (primary N) is 1. The van der Waals surface area contributed by atoms with E-state index in [9.17, 15) is 4.79 Å². The van der Waals surface area contributed by atoms with Gasteiger partial charge in [-0.05, 0) is 32.9 Å². The van der Waals surface area contributed by atoms with Crippen LogP contribution in [0.25, 0.3) is 0 Å². The summed E-state index contributed by atoms with van der Waals surface area (Å²) in [5, 5.41) is 3.10. The van der Waals surface area contributed by atoms with E-state index in [0.717, 1.165) is 32.2 Å². The van der Waals surface area contributed by atoms with Gasteiger partial charge in [-0.1, -0.05) is 19.3 Å². The van der Waals surface area contributed by atoms with Crippen molar-refractivity contribution in [3.8, 4) is 0 Å². The molecule has 4 heteroatoms. The van der Waals surface area contributed by atoms with Crippen molar-refractivity contribution in [1.29, 1.82) is 0 Å². The molecule has 1 aliphatic carbocycles. The van der Waals surface area contributed by atoms with Crippen molar-refractivity contribution in [1.82, 2.24) is 5.32 Å². The van der Waals surface area contributed by atoms with E-state index in [1.54, 1.807) is 11.8 Å². The third-order valence-corrected chi connectivity index (χ3v) is 5.16. The minimum atomic E-state index is -0.285. The van der Waals surface area contributed by atoms with E-state index in [4.69, 9.17) is 5.73 Å². The van der Waals surface area contributed by atoms with Gasteiger partial charge >= 0.3 is 0 Å². The molecule has 0 atom stereocenters. The number of thioether (sulfide) groups is 1. The van der Waals surface area contributed by atoms with Gasteiger partial charge in [0.2, 0.25) is 5.91 Å². The zero-order valence-corrected chi connectivity index (χ0v) is 12.2. The molecule has 1 saturated carbocycles. The topological polar surface area (TPSA) is 55.1 Å². The first-order valence-electron chi connectivity index (χ1n) is 6.49. The molecular weight excluding hydrogens is 232 g/mol. The lowest BCUT2D eigenvalue weighted by atomic mass is 9.73. The van der Waals surface area contributed by atoms with Crippen molar-refractivity contribution in [2.45, 2.75) is 50.7 Å². The smallest absolute Gasteiger partial charge is 0.227 e. The fourth-order valence-electron chi connectivity index (χ4n) is 2.31. The molecule has 0 aromatic heterocycles. The highest BCUT2D eigenvalue weighted by molar-refractivity contribution is 7.99. The molecule has 0 bridgehead atoms. The van der Waals surface area contributed by atoms with Crippen LogP contribution in [-0.4, -0.2) is 30.0 Å². The Morgan fingerprint density at radius 2 is 1.94 bits per heavy atom. The van der Waals surface area contributed by atoms with Gasteiger partial charge in [-0.25, -0.2) is 0 Å². The van der Waals surface area contributed by atoms with Crippen LogP contribution in [0, 0.1) is 5.41 Å². The molecule has 1 amide bonds. The summed E-state index contributed by atoms with van der Waals surface area (Å²) in [5.41, 5.74) is 5.56. The molecule has 0 aromatic carbocycles. The van der Waals surface area contributed by atoms with Crippen molar-refractivity contribution in [3.63, 3.8) is 0 Å². The molecule has 17 heavy (non-hydrogen) atoms. The summed E-state index contributed by atoms with van der Waals surface area (Å²) in [6, 6.07) is 0. The first-order chi connectivity index (χ1) is 7.96. The van der Waals surface area contributed by atoms with Crippen LogP contribution in [-0.2, 0) is 4.79 Å². The molecule has 0 unspecified atom stereocenters. The van der Waals surface area contributed by atoms with Gasteiger partial charge in [0.25, 0.3) is 0 Å². The minimum Gasteiger partial charge on any atom is -0.354 e. The number of rotatable bonds is 5. The largest absolute Gasteiger partial charge is 0.354 e. The molecule has 3 nitrogen and oxygen atoms in total. The molecule has 0 aliphatic heterocycles. The monoisotopic (exact) mass is 258 g/mol. The first-order valence-corrected chi connectivity index (χ1v) is 7.72. The highest BCUT2D eigenvalue weighted by Crippen LogP contribution is 2.35. The van der Waals surface area contributed by atoms with Crippen LogP contribution in [0.15, 0.2) is 0 Å². The lowest BCUT2D eigenvalue weighted by molar-refractivity contribution is -0.132. The lowest BCUT2D eigenvalue weighted by Crippen LogP contribution is -2.49. The van der Waals surface area contributed by atoms with E-state index in [1.807, 2.05) is 0 Å². The molecule has 0 radical (unpaired) electrons. The predicted molar refractivity (Wildman–Crippen MR) is 75.2 cm³/mol. The maximum atomic E-state index is 12.3. The second kappa shape index (κ2) is 6.10. The second-order valence-electron chi connectivity index (χ2n) is 5.69. The second-order valence-corrected chi connectivity index (χ2v) is 7.21. The third kappa shape index (κ3) is 3.88. The normalized spacial score (nSPS) is 20.0. The summed E-state index contributed by atoms with van der Waals surface area (Å²) in [6.07, 6.45) is 7.49. The van der Waals surface area contributed by atoms with E-state index in [1.165, 1.54) is 6.42 Å². The standard InChI is InChI=1S/C13H26N2OS/c1-12(2,17-3)10-15-11(16)13(9-14)7-5-4-6-8-13/h4-10,14H2,1-3H3,(H,15,16). The average molecular weight is 258 g/mol. The van der Waals surface area contributed by atoms with Crippen LogP contribution < -0.4 is 11.1 Å². The molecule has 1 aliphatic rings. The van der Waals surface area contributed by atoms with E-state index < -0.39 is 0 Å². The van der Waals surface area contributed by atoms with Crippen LogP contribution in [0.4, 0.5) is 0 Å². The zero-order chi connectivity index (χ0) is 12.9. The molecule has 1 fully saturated rings. The van der Waals surface area contributed by atoms with Gasteiger partial charge in [0, 0.05) is 17.8 Å². The van der Waals surface area contributed by atoms with Gasteiger partial charge < -0.3 is 11.1 Å². The maximum absolute atomic E-state index is 12.3. The Hall–Kier alpha value is -0.220. The Morgan fingerprint density at radius 1 is 1.35 bits per heavy atom. The van der Waals surface area contributed by atoms with Crippen LogP contribution in [0.3, 0.4) is 0 Å². The van der Waals surface area contributed by atoms with E-state index in [0.29, 0.717) is 6.54 Å². The quantitative estimate of drug-likeness (QED) is 0.794. The molecule has 0 saturated heterocycles. The summed E-state index contributed by atoms with van der Waals surface area (Å²) in [7, 11) is 0. The van der Waals surface area contributed by atoms with Gasteiger partial charge in [-0.3, -0.25) is 4.79 Å². The minimum absolute atomic E-state index is 0.0973. The fraction of sp³-hybridized carbons (Fsp3) is 0.923. The first kappa shape index (κ1) is 14.8. The van der Waals surface area contributed by atoms with Gasteiger partial charge in [0.05, 0.1) is 5.41 Å². The molecule has 0 aromatic rings. The Labute approximate surface area is 109 Å². The van der Waals surface area contributed by atoms with Crippen molar-refractivity contribution < 1.29 is 4.79 Å². The number of carbonyl (C=O) groups is 1. The highest BCUT2D eigenvalue weighted by atomic mass is 32.2. The van der Waals surface area contributed by atoms with Crippen LogP contribution >= 0.6 is 11.8 Å². The summed E-state index contributed by atoms with van der Waals surface area (Å²) in [5.74, 6) is 0.168. The molecule has 0 heterocycles. The summed E-state index contributed by atoms with van der Waals surface area (Å²) < 4.78 is 0.0973. The Kier molecular flexibility index (Phi) is 5.32. The summed E-state index contributed by atoms with van der Waals surface area (Å²) in [4.78, 5) is 12.3. The Morgan fingerprint density at radius 3 is 2.41 bits per heavy atom. The van der Waals surface area contributed by atoms with Crippen LogP contribution in [0.1, 0.15) is 46.0 Å². The fourth-order valence-corrected chi connectivity index (χ4v) is 2.52. The van der Waals surface area contributed by atoms with Gasteiger partial charge in [-0.15, -0.1) is 0 Å². The van der Waals surface area contributed by atoms with Crippen molar-refractivity contribution in [2.24, 2.45) is 11.1 Å². The Balaban J connectivity index is 2.55. The number of carbonyl (C=O) groups excluding carboxylic acids is 1. The molecule has 100 valence electrons. The SMILES string of the molecule is CSC(C)(C)CNC(=O)C1(CN)CCCCC1. The number of nitrogens with one attached hydrogen (secondary N) is 1. The third-order valence-electron chi connectivity index (χ3n) is 3.91. The maximum Gasteiger partial charge on any atom is 0.227 e. The average Bonchev–Trinajstić information content (AvgIpc) is 2.37. The lowest BCUT2D eigenvalue weighted by Gasteiger charge is -2.35. The Bertz CT molecular complexity index is 260. The molecular formula is C13H26N2OS. The van der Waals surface area contributed by atoms with Gasteiger partial charge in [0.1, 0.15) is 0 Å². The summed E-state index contributed by atoms with van der Waals surface area (Å²) >= 11 is 1.78. The number of amides is 1. The molecule has 1 rings (SSSR count). The molecule has 3 N–H and O–H groups in total. The van der Waals surface area contributed by atoms with Gasteiger partial charge in [-0.2, -0.15) is 11.8 Å². The number of hydrogen-bond acceptors (Lipinski definition) is 3. The van der Waals surface area contributed by atoms with E-state index >= 15 is 0 Å². The van der Waals surface area contributed by atoms with E-state index in [2.05, 4.69) is 25.4 Å². The van der Waals surface area contributed by atoms with Crippen LogP contribution in [0.5, 0.6) is 0 Å². The number of hydrogen-bond donors (Lipinski definition) is 2. The highest BCUT2D eigenvalue weighted by Gasteiger charge is 2.38.